The Labute approximate surface area is 117 Å². The van der Waals surface area contributed by atoms with Gasteiger partial charge in [-0.1, -0.05) is 0 Å². The first-order valence-electron chi connectivity index (χ1n) is 7.00. The number of fused-ring (bicyclic) bond motifs is 1. The number of nitrogens with zero attached hydrogens (tertiary/aromatic N) is 3. The maximum Gasteiger partial charge on any atom is 0.242 e. The summed E-state index contributed by atoms with van der Waals surface area (Å²) in [5.41, 5.74) is 6.57. The first-order valence-corrected chi connectivity index (χ1v) is 7.00. The Morgan fingerprint density at radius 3 is 3.20 bits per heavy atom. The Morgan fingerprint density at radius 2 is 2.40 bits per heavy atom. The van der Waals surface area contributed by atoms with Gasteiger partial charge < -0.3 is 20.7 Å². The lowest BCUT2D eigenvalue weighted by molar-refractivity contribution is -0.122. The zero-order chi connectivity index (χ0) is 14.1. The van der Waals surface area contributed by atoms with Gasteiger partial charge in [0, 0.05) is 13.1 Å². The number of nitrogens with two attached hydrogens (primary N) is 1. The standard InChI is InChI=1S/C13H19N5O2/c1-2-20-13-10(14)11(16-7-17-13)18-5-3-4-8-9(18)6-15-12(8)19/h7-9H,2-6,14H2,1H3,(H,15,19). The normalized spacial score (nSPS) is 25.2. The molecule has 1 aromatic rings. The van der Waals surface area contributed by atoms with Gasteiger partial charge in [-0.15, -0.1) is 0 Å². The van der Waals surface area contributed by atoms with Crippen molar-refractivity contribution in [2.24, 2.45) is 5.92 Å². The van der Waals surface area contributed by atoms with Crippen LogP contribution in [-0.4, -0.2) is 41.6 Å². The number of rotatable bonds is 3. The molecule has 0 aromatic carbocycles. The van der Waals surface area contributed by atoms with E-state index in [0.717, 1.165) is 19.4 Å². The van der Waals surface area contributed by atoms with Gasteiger partial charge >= 0.3 is 0 Å². The van der Waals surface area contributed by atoms with Gasteiger partial charge in [0.25, 0.3) is 0 Å². The zero-order valence-electron chi connectivity index (χ0n) is 11.5. The molecule has 2 saturated heterocycles. The molecule has 1 aromatic heterocycles. The number of hydrogen-bond acceptors (Lipinski definition) is 6. The molecule has 7 heteroatoms. The minimum absolute atomic E-state index is 0.0358. The van der Waals surface area contributed by atoms with Crippen LogP contribution in [0.5, 0.6) is 5.88 Å². The molecule has 0 saturated carbocycles. The van der Waals surface area contributed by atoms with E-state index in [1.54, 1.807) is 0 Å². The Balaban J connectivity index is 1.92. The molecule has 0 aliphatic carbocycles. The second-order valence-corrected chi connectivity index (χ2v) is 5.10. The summed E-state index contributed by atoms with van der Waals surface area (Å²) >= 11 is 0. The Kier molecular flexibility index (Phi) is 3.33. The molecule has 0 radical (unpaired) electrons. The Hall–Kier alpha value is -2.05. The maximum atomic E-state index is 11.8. The summed E-state index contributed by atoms with van der Waals surface area (Å²) in [5, 5.41) is 2.92. The molecule has 108 valence electrons. The third-order valence-corrected chi connectivity index (χ3v) is 3.98. The van der Waals surface area contributed by atoms with Crippen LogP contribution in [0.3, 0.4) is 0 Å². The van der Waals surface area contributed by atoms with E-state index < -0.39 is 0 Å². The number of piperidine rings is 1. The molecule has 2 atom stereocenters. The highest BCUT2D eigenvalue weighted by molar-refractivity contribution is 5.83. The summed E-state index contributed by atoms with van der Waals surface area (Å²) in [6, 6.07) is 0.128. The van der Waals surface area contributed by atoms with Gasteiger partial charge in [-0.2, -0.15) is 4.98 Å². The van der Waals surface area contributed by atoms with Crippen molar-refractivity contribution in [2.75, 3.05) is 30.3 Å². The van der Waals surface area contributed by atoms with Crippen molar-refractivity contribution in [3.05, 3.63) is 6.33 Å². The number of aromatic nitrogens is 2. The lowest BCUT2D eigenvalue weighted by Crippen LogP contribution is -2.46. The van der Waals surface area contributed by atoms with Crippen LogP contribution in [-0.2, 0) is 4.79 Å². The summed E-state index contributed by atoms with van der Waals surface area (Å²) in [4.78, 5) is 22.3. The van der Waals surface area contributed by atoms with Crippen molar-refractivity contribution in [3.8, 4) is 5.88 Å². The molecule has 0 spiro atoms. The van der Waals surface area contributed by atoms with E-state index in [1.807, 2.05) is 6.92 Å². The molecule has 2 aliphatic rings. The lowest BCUT2D eigenvalue weighted by Gasteiger charge is -2.37. The minimum Gasteiger partial charge on any atom is -0.476 e. The van der Waals surface area contributed by atoms with Crippen LogP contribution in [0.15, 0.2) is 6.33 Å². The van der Waals surface area contributed by atoms with Crippen LogP contribution in [0, 0.1) is 5.92 Å². The van der Waals surface area contributed by atoms with Crippen molar-refractivity contribution in [3.63, 3.8) is 0 Å². The second kappa shape index (κ2) is 5.15. The van der Waals surface area contributed by atoms with Gasteiger partial charge in [-0.3, -0.25) is 4.79 Å². The number of amides is 1. The molecule has 3 rings (SSSR count). The molecule has 7 nitrogen and oxygen atoms in total. The molecular formula is C13H19N5O2. The second-order valence-electron chi connectivity index (χ2n) is 5.10. The number of ether oxygens (including phenoxy) is 1. The number of anilines is 2. The summed E-state index contributed by atoms with van der Waals surface area (Å²) in [5.74, 6) is 1.26. The van der Waals surface area contributed by atoms with Crippen LogP contribution >= 0.6 is 0 Å². The number of carbonyl (C=O) groups excluding carboxylic acids is 1. The summed E-state index contributed by atoms with van der Waals surface area (Å²) < 4.78 is 5.42. The average Bonchev–Trinajstić information content (AvgIpc) is 2.84. The van der Waals surface area contributed by atoms with Crippen LogP contribution in [0.4, 0.5) is 11.5 Å². The number of hydrogen-bond donors (Lipinski definition) is 2. The van der Waals surface area contributed by atoms with Crippen molar-refractivity contribution < 1.29 is 9.53 Å². The summed E-state index contributed by atoms with van der Waals surface area (Å²) in [6.07, 6.45) is 3.35. The monoisotopic (exact) mass is 277 g/mol. The van der Waals surface area contributed by atoms with Crippen LogP contribution < -0.4 is 20.7 Å². The van der Waals surface area contributed by atoms with Crippen molar-refractivity contribution >= 4 is 17.4 Å². The van der Waals surface area contributed by atoms with Gasteiger partial charge in [0.2, 0.25) is 11.8 Å². The third kappa shape index (κ3) is 2.03. The smallest absolute Gasteiger partial charge is 0.242 e. The van der Waals surface area contributed by atoms with E-state index in [1.165, 1.54) is 6.33 Å². The van der Waals surface area contributed by atoms with Crippen molar-refractivity contribution in [1.82, 2.24) is 15.3 Å². The van der Waals surface area contributed by atoms with E-state index >= 15 is 0 Å². The number of nitrogen functional groups attached to an aromatic ring is 1. The molecule has 0 bridgehead atoms. The van der Waals surface area contributed by atoms with E-state index in [9.17, 15) is 4.79 Å². The van der Waals surface area contributed by atoms with Crippen molar-refractivity contribution in [2.45, 2.75) is 25.8 Å². The SMILES string of the molecule is CCOc1ncnc(N2CCCC3C(=O)NCC32)c1N. The first-order chi connectivity index (χ1) is 9.72. The Bertz CT molecular complexity index is 521. The summed E-state index contributed by atoms with van der Waals surface area (Å²) in [7, 11) is 0. The fourth-order valence-corrected chi connectivity index (χ4v) is 3.07. The predicted molar refractivity (Wildman–Crippen MR) is 74.5 cm³/mol. The fourth-order valence-electron chi connectivity index (χ4n) is 3.07. The number of nitrogens with one attached hydrogen (secondary N) is 1. The first kappa shape index (κ1) is 13.0. The van der Waals surface area contributed by atoms with Gasteiger partial charge in [0.1, 0.15) is 12.0 Å². The predicted octanol–water partition coefficient (Wildman–Crippen LogP) is 0.172. The van der Waals surface area contributed by atoms with E-state index in [2.05, 4.69) is 20.2 Å². The highest BCUT2D eigenvalue weighted by Gasteiger charge is 2.42. The van der Waals surface area contributed by atoms with Crippen LogP contribution in [0.2, 0.25) is 0 Å². The molecular weight excluding hydrogens is 258 g/mol. The molecule has 3 heterocycles. The number of carbonyl (C=O) groups is 1. The molecule has 20 heavy (non-hydrogen) atoms. The van der Waals surface area contributed by atoms with E-state index in [-0.39, 0.29) is 17.9 Å². The molecule has 2 fully saturated rings. The Morgan fingerprint density at radius 1 is 1.55 bits per heavy atom. The minimum atomic E-state index is 0.0358. The largest absolute Gasteiger partial charge is 0.476 e. The van der Waals surface area contributed by atoms with E-state index in [4.69, 9.17) is 10.5 Å². The maximum absolute atomic E-state index is 11.8. The van der Waals surface area contributed by atoms with Gasteiger partial charge in [-0.25, -0.2) is 4.98 Å². The highest BCUT2D eigenvalue weighted by Crippen LogP contribution is 2.35. The topological polar surface area (TPSA) is 93.4 Å². The van der Waals surface area contributed by atoms with Gasteiger partial charge in [0.05, 0.1) is 18.6 Å². The third-order valence-electron chi connectivity index (χ3n) is 3.98. The molecule has 2 aliphatic heterocycles. The highest BCUT2D eigenvalue weighted by atomic mass is 16.5. The van der Waals surface area contributed by atoms with Crippen molar-refractivity contribution in [1.29, 1.82) is 0 Å². The lowest BCUT2D eigenvalue weighted by atomic mass is 9.91. The van der Waals surface area contributed by atoms with Gasteiger partial charge in [-0.05, 0) is 19.8 Å². The molecule has 1 amide bonds. The van der Waals surface area contributed by atoms with E-state index in [0.29, 0.717) is 30.5 Å². The average molecular weight is 277 g/mol. The zero-order valence-corrected chi connectivity index (χ0v) is 11.5. The summed E-state index contributed by atoms with van der Waals surface area (Å²) in [6.45, 7) is 3.89. The molecule has 2 unspecified atom stereocenters. The van der Waals surface area contributed by atoms with Crippen LogP contribution in [0.1, 0.15) is 19.8 Å². The fraction of sp³-hybridized carbons (Fsp3) is 0.615. The van der Waals surface area contributed by atoms with Crippen LogP contribution in [0.25, 0.3) is 0 Å². The molecule has 3 N–H and O–H groups in total. The van der Waals surface area contributed by atoms with Gasteiger partial charge in [0.15, 0.2) is 5.82 Å². The quantitative estimate of drug-likeness (QED) is 0.818.